The molecule has 2 rings (SSSR count). The Kier molecular flexibility index (Phi) is 6.96. The van der Waals surface area contributed by atoms with Gasteiger partial charge in [-0.3, -0.25) is 19.1 Å². The fourth-order valence-corrected chi connectivity index (χ4v) is 5.06. The van der Waals surface area contributed by atoms with Crippen LogP contribution in [0.4, 0.5) is 0 Å². The van der Waals surface area contributed by atoms with Crippen molar-refractivity contribution in [1.29, 1.82) is 0 Å². The number of ether oxygens (including phenoxy) is 1. The van der Waals surface area contributed by atoms with Gasteiger partial charge in [0.2, 0.25) is 5.91 Å². The normalized spacial score (nSPS) is 26.5. The molecule has 0 aliphatic carbocycles. The second-order valence-corrected chi connectivity index (χ2v) is 8.01. The van der Waals surface area contributed by atoms with Crippen molar-refractivity contribution in [2.75, 3.05) is 12.3 Å². The molecule has 24 heavy (non-hydrogen) atoms. The predicted octanol–water partition coefficient (Wildman–Crippen LogP) is 0.0910. The van der Waals surface area contributed by atoms with Gasteiger partial charge in [-0.2, -0.15) is 0 Å². The van der Waals surface area contributed by atoms with Gasteiger partial charge in [-0.25, -0.2) is 4.79 Å². The maximum atomic E-state index is 12.0. The lowest BCUT2D eigenvalue weighted by molar-refractivity contribution is -0.118. The number of hydrogen-bond acceptors (Lipinski definition) is 7. The molecule has 1 fully saturated rings. The molecule has 0 radical (unpaired) electrons. The van der Waals surface area contributed by atoms with Crippen LogP contribution in [-0.2, 0) is 9.53 Å². The van der Waals surface area contributed by atoms with Crippen molar-refractivity contribution < 1.29 is 14.6 Å². The summed E-state index contributed by atoms with van der Waals surface area (Å²) in [5.74, 6) is 0.575. The van der Waals surface area contributed by atoms with Crippen LogP contribution < -0.4 is 16.6 Å². The van der Waals surface area contributed by atoms with Crippen LogP contribution in [0.25, 0.3) is 0 Å². The lowest BCUT2D eigenvalue weighted by Gasteiger charge is -2.20. The van der Waals surface area contributed by atoms with Gasteiger partial charge < -0.3 is 15.2 Å². The zero-order chi connectivity index (χ0) is 17.7. The van der Waals surface area contributed by atoms with Crippen LogP contribution in [0.1, 0.15) is 26.5 Å². The quantitative estimate of drug-likeness (QED) is 0.457. The van der Waals surface area contributed by atoms with Crippen molar-refractivity contribution in [3.63, 3.8) is 0 Å². The molecule has 0 spiro atoms. The van der Waals surface area contributed by atoms with Crippen molar-refractivity contribution in [3.05, 3.63) is 33.1 Å². The number of aliphatic hydroxyl groups excluding tert-OH is 1. The molecule has 1 unspecified atom stereocenters. The maximum Gasteiger partial charge on any atom is 0.330 e. The molecule has 134 valence electrons. The van der Waals surface area contributed by atoms with E-state index >= 15 is 0 Å². The average molecular weight is 375 g/mol. The molecule has 0 aromatic carbocycles. The Morgan fingerprint density at radius 3 is 2.88 bits per heavy atom. The van der Waals surface area contributed by atoms with Crippen LogP contribution in [0, 0.1) is 0 Å². The van der Waals surface area contributed by atoms with E-state index in [1.54, 1.807) is 0 Å². The minimum atomic E-state index is -0.725. The zero-order valence-electron chi connectivity index (χ0n) is 13.4. The Morgan fingerprint density at radius 2 is 2.25 bits per heavy atom. The van der Waals surface area contributed by atoms with Gasteiger partial charge in [0.15, 0.2) is 6.23 Å². The molecule has 1 aromatic rings. The molecule has 1 aromatic heterocycles. The van der Waals surface area contributed by atoms with Crippen molar-refractivity contribution in [1.82, 2.24) is 14.9 Å². The first kappa shape index (κ1) is 19.1. The van der Waals surface area contributed by atoms with E-state index in [0.717, 1.165) is 0 Å². The number of nitrogens with zero attached hydrogens (tertiary/aromatic N) is 1. The topological polar surface area (TPSA) is 113 Å². The molecule has 1 saturated heterocycles. The van der Waals surface area contributed by atoms with E-state index in [0.29, 0.717) is 18.7 Å². The monoisotopic (exact) mass is 375 g/mol. The Balaban J connectivity index is 2.07. The lowest BCUT2D eigenvalue weighted by atomic mass is 10.1. The van der Waals surface area contributed by atoms with Gasteiger partial charge >= 0.3 is 5.69 Å². The summed E-state index contributed by atoms with van der Waals surface area (Å²) < 4.78 is 7.12. The van der Waals surface area contributed by atoms with Gasteiger partial charge in [-0.1, -0.05) is 28.5 Å². The number of aromatic nitrogens is 2. The smallest absolute Gasteiger partial charge is 0.330 e. The molecule has 0 bridgehead atoms. The third-order valence-electron chi connectivity index (χ3n) is 3.58. The number of H-pyrrole nitrogens is 1. The summed E-state index contributed by atoms with van der Waals surface area (Å²) in [5.41, 5.74) is -1.04. The van der Waals surface area contributed by atoms with Gasteiger partial charge in [0.05, 0.1) is 17.5 Å². The second kappa shape index (κ2) is 8.75. The van der Waals surface area contributed by atoms with Crippen molar-refractivity contribution in [2.24, 2.45) is 0 Å². The van der Waals surface area contributed by atoms with E-state index in [1.807, 2.05) is 6.92 Å². The largest absolute Gasteiger partial charge is 0.389 e. The Labute approximate surface area is 146 Å². The first-order chi connectivity index (χ1) is 11.4. The number of hydrogen-bond donors (Lipinski definition) is 3. The molecular weight excluding hydrogens is 354 g/mol. The Bertz CT molecular complexity index is 677. The summed E-state index contributed by atoms with van der Waals surface area (Å²) in [4.78, 5) is 36.3. The van der Waals surface area contributed by atoms with E-state index in [4.69, 9.17) is 4.74 Å². The van der Waals surface area contributed by atoms with Crippen LogP contribution in [-0.4, -0.2) is 50.3 Å². The van der Waals surface area contributed by atoms with Gasteiger partial charge in [0.25, 0.3) is 5.56 Å². The lowest BCUT2D eigenvalue weighted by Crippen LogP contribution is -2.36. The molecule has 1 aliphatic rings. The summed E-state index contributed by atoms with van der Waals surface area (Å²) in [6, 6.07) is 1.25. The van der Waals surface area contributed by atoms with Gasteiger partial charge in [0.1, 0.15) is 0 Å². The zero-order valence-corrected chi connectivity index (χ0v) is 15.1. The number of rotatable bonds is 7. The van der Waals surface area contributed by atoms with Crippen LogP contribution in [0.3, 0.4) is 0 Å². The highest BCUT2D eigenvalue weighted by Crippen LogP contribution is 2.42. The standard InChI is InChI=1S/C14H21N3O5S2/c1-3-9-11(20)12(24-23-7-5-15-8(2)18)13(22-9)17-6-4-10(19)16-14(17)21/h4,6,9,11-13,20H,3,5,7H2,1-2H3,(H,15,18)(H,16,19,21)/t9-,11?,12+,13-/m1/s1. The molecular formula is C14H21N3O5S2. The number of carbonyl (C=O) groups excluding carboxylic acids is 1. The van der Waals surface area contributed by atoms with E-state index in [1.165, 1.54) is 45.3 Å². The molecule has 1 amide bonds. The van der Waals surface area contributed by atoms with E-state index < -0.39 is 23.6 Å². The molecule has 0 saturated carbocycles. The van der Waals surface area contributed by atoms with Crippen molar-refractivity contribution in [2.45, 2.75) is 44.0 Å². The van der Waals surface area contributed by atoms with E-state index in [-0.39, 0.29) is 17.3 Å². The minimum absolute atomic E-state index is 0.0893. The van der Waals surface area contributed by atoms with Crippen LogP contribution >= 0.6 is 21.6 Å². The number of carbonyl (C=O) groups is 1. The summed E-state index contributed by atoms with van der Waals surface area (Å²) in [5, 5.41) is 12.8. The predicted molar refractivity (Wildman–Crippen MR) is 94.1 cm³/mol. The molecule has 8 nitrogen and oxygen atoms in total. The first-order valence-corrected chi connectivity index (χ1v) is 10.00. The molecule has 3 N–H and O–H groups in total. The molecule has 1 aliphatic heterocycles. The highest BCUT2D eigenvalue weighted by molar-refractivity contribution is 8.77. The Hall–Kier alpha value is -1.23. The fraction of sp³-hybridized carbons (Fsp3) is 0.643. The summed E-state index contributed by atoms with van der Waals surface area (Å²) in [6.07, 6.45) is 0.238. The maximum absolute atomic E-state index is 12.0. The van der Waals surface area contributed by atoms with Gasteiger partial charge in [-0.15, -0.1) is 0 Å². The number of amides is 1. The third kappa shape index (κ3) is 4.65. The number of aliphatic hydroxyl groups is 1. The highest BCUT2D eigenvalue weighted by atomic mass is 33.1. The van der Waals surface area contributed by atoms with E-state index in [9.17, 15) is 19.5 Å². The number of aromatic amines is 1. The summed E-state index contributed by atoms with van der Waals surface area (Å²) >= 11 is 0. The van der Waals surface area contributed by atoms with Gasteiger partial charge in [-0.05, 0) is 6.42 Å². The first-order valence-electron chi connectivity index (χ1n) is 7.61. The second-order valence-electron chi connectivity index (χ2n) is 5.35. The Morgan fingerprint density at radius 1 is 1.50 bits per heavy atom. The highest BCUT2D eigenvalue weighted by Gasteiger charge is 2.44. The van der Waals surface area contributed by atoms with Crippen molar-refractivity contribution >= 4 is 27.5 Å². The average Bonchev–Trinajstić information content (AvgIpc) is 2.83. The molecule has 10 heteroatoms. The molecule has 4 atom stereocenters. The van der Waals surface area contributed by atoms with Crippen molar-refractivity contribution in [3.8, 4) is 0 Å². The van der Waals surface area contributed by atoms with Gasteiger partial charge in [0, 0.05) is 31.5 Å². The molecule has 2 heterocycles. The fourth-order valence-electron chi connectivity index (χ4n) is 2.41. The minimum Gasteiger partial charge on any atom is -0.389 e. The SMILES string of the molecule is CC[C@H]1O[C@@H](n2ccc(=O)[nH]c2=O)[C@@H](SSCCNC(C)=O)C1O. The van der Waals surface area contributed by atoms with Crippen LogP contribution in [0.5, 0.6) is 0 Å². The summed E-state index contributed by atoms with van der Waals surface area (Å²) in [7, 11) is 2.91. The van der Waals surface area contributed by atoms with Crippen LogP contribution in [0.2, 0.25) is 0 Å². The third-order valence-corrected chi connectivity index (χ3v) is 6.39. The number of nitrogens with one attached hydrogen (secondary N) is 2. The van der Waals surface area contributed by atoms with Crippen LogP contribution in [0.15, 0.2) is 21.9 Å². The summed E-state index contributed by atoms with van der Waals surface area (Å²) in [6.45, 7) is 3.88. The van der Waals surface area contributed by atoms with E-state index in [2.05, 4.69) is 10.3 Å².